The third-order valence-electron chi connectivity index (χ3n) is 5.20. The molecule has 0 radical (unpaired) electrons. The number of para-hydroxylation sites is 2. The van der Waals surface area contributed by atoms with Crippen LogP contribution in [0.2, 0.25) is 0 Å². The van der Waals surface area contributed by atoms with Crippen LogP contribution >= 0.6 is 0 Å². The van der Waals surface area contributed by atoms with E-state index in [-0.39, 0.29) is 17.5 Å². The van der Waals surface area contributed by atoms with Gasteiger partial charge in [0.2, 0.25) is 0 Å². The van der Waals surface area contributed by atoms with Gasteiger partial charge in [-0.15, -0.1) is 0 Å². The summed E-state index contributed by atoms with van der Waals surface area (Å²) >= 11 is 0. The number of ether oxygens (including phenoxy) is 1. The van der Waals surface area contributed by atoms with Gasteiger partial charge in [0.05, 0.1) is 36.4 Å². The lowest BCUT2D eigenvalue weighted by Gasteiger charge is -2.24. The lowest BCUT2D eigenvalue weighted by Crippen LogP contribution is -2.38. The highest BCUT2D eigenvalue weighted by Crippen LogP contribution is 2.41. The number of benzene rings is 2. The average Bonchev–Trinajstić information content (AvgIpc) is 3.02. The van der Waals surface area contributed by atoms with E-state index in [1.165, 1.54) is 0 Å². The molecule has 0 spiro atoms. The van der Waals surface area contributed by atoms with Gasteiger partial charge in [-0.25, -0.2) is 13.2 Å². The number of methoxy groups -OCH3 is 1. The minimum Gasteiger partial charge on any atom is -0.495 e. The molecule has 27 heavy (non-hydrogen) atoms. The van der Waals surface area contributed by atoms with E-state index in [1.54, 1.807) is 29.0 Å². The number of rotatable bonds is 3. The Labute approximate surface area is 159 Å². The molecule has 2 fully saturated rings. The minimum absolute atomic E-state index is 0.0257. The predicted octanol–water partition coefficient (Wildman–Crippen LogP) is 2.92. The topological polar surface area (TPSA) is 66.9 Å². The molecule has 0 aromatic heterocycles. The molecule has 0 bridgehead atoms. The average molecular weight is 386 g/mol. The van der Waals surface area contributed by atoms with Crippen molar-refractivity contribution in [1.82, 2.24) is 0 Å². The summed E-state index contributed by atoms with van der Waals surface area (Å²) in [6.45, 7) is 3.94. The van der Waals surface area contributed by atoms with E-state index in [0.29, 0.717) is 11.4 Å². The molecule has 2 heterocycles. The van der Waals surface area contributed by atoms with E-state index >= 15 is 0 Å². The van der Waals surface area contributed by atoms with Crippen molar-refractivity contribution < 1.29 is 17.9 Å². The Kier molecular flexibility index (Phi) is 4.14. The van der Waals surface area contributed by atoms with Crippen LogP contribution in [-0.4, -0.2) is 45.1 Å². The van der Waals surface area contributed by atoms with E-state index in [0.717, 1.165) is 16.8 Å². The zero-order valence-corrected chi connectivity index (χ0v) is 16.4. The van der Waals surface area contributed by atoms with E-state index in [2.05, 4.69) is 0 Å². The Morgan fingerprint density at radius 2 is 1.56 bits per heavy atom. The van der Waals surface area contributed by atoms with Crippen molar-refractivity contribution in [2.45, 2.75) is 25.9 Å². The van der Waals surface area contributed by atoms with Crippen molar-refractivity contribution in [2.24, 2.45) is 0 Å². The predicted molar refractivity (Wildman–Crippen MR) is 105 cm³/mol. The van der Waals surface area contributed by atoms with Gasteiger partial charge in [0.25, 0.3) is 0 Å². The van der Waals surface area contributed by atoms with E-state index < -0.39 is 21.9 Å². The Hall–Kier alpha value is -2.54. The fourth-order valence-corrected chi connectivity index (χ4v) is 6.12. The molecule has 142 valence electrons. The molecule has 2 aromatic rings. The lowest BCUT2D eigenvalue weighted by molar-refractivity contribution is 0.255. The molecule has 7 heteroatoms. The zero-order valence-electron chi connectivity index (χ0n) is 15.5. The van der Waals surface area contributed by atoms with Crippen LogP contribution in [0.3, 0.4) is 0 Å². The number of aryl methyl sites for hydroxylation is 2. The van der Waals surface area contributed by atoms with Crippen LogP contribution in [-0.2, 0) is 9.84 Å². The highest BCUT2D eigenvalue weighted by atomic mass is 32.2. The second-order valence-corrected chi connectivity index (χ2v) is 9.41. The molecule has 2 aliphatic heterocycles. The van der Waals surface area contributed by atoms with Crippen LogP contribution in [0, 0.1) is 13.8 Å². The lowest BCUT2D eigenvalue weighted by atomic mass is 10.1. The molecule has 2 atom stereocenters. The maximum atomic E-state index is 13.4. The summed E-state index contributed by atoms with van der Waals surface area (Å²) < 4.78 is 30.2. The van der Waals surface area contributed by atoms with Crippen LogP contribution in [0.1, 0.15) is 11.1 Å². The number of nitrogens with zero attached hydrogens (tertiary/aromatic N) is 2. The zero-order chi connectivity index (χ0) is 19.3. The first-order chi connectivity index (χ1) is 12.8. The maximum absolute atomic E-state index is 13.4. The van der Waals surface area contributed by atoms with Crippen LogP contribution < -0.4 is 14.5 Å². The van der Waals surface area contributed by atoms with Gasteiger partial charge in [-0.2, -0.15) is 0 Å². The van der Waals surface area contributed by atoms with Gasteiger partial charge >= 0.3 is 6.03 Å². The van der Waals surface area contributed by atoms with Gasteiger partial charge in [-0.3, -0.25) is 9.80 Å². The number of carbonyl (C=O) groups excluding carboxylic acids is 1. The van der Waals surface area contributed by atoms with Crippen LogP contribution in [0.25, 0.3) is 0 Å². The van der Waals surface area contributed by atoms with Crippen LogP contribution in [0.4, 0.5) is 16.2 Å². The molecule has 2 unspecified atom stereocenters. The summed E-state index contributed by atoms with van der Waals surface area (Å²) in [7, 11) is -1.68. The SMILES string of the molecule is COc1ccccc1N1C(=O)N(c2cc(C)cc(C)c2)C2CS(=O)(=O)CC21. The smallest absolute Gasteiger partial charge is 0.329 e. The van der Waals surface area contributed by atoms with Crippen LogP contribution in [0.5, 0.6) is 5.75 Å². The Morgan fingerprint density at radius 3 is 2.19 bits per heavy atom. The highest BCUT2D eigenvalue weighted by molar-refractivity contribution is 7.91. The number of sulfone groups is 1. The monoisotopic (exact) mass is 386 g/mol. The van der Waals surface area contributed by atoms with Gasteiger partial charge in [0, 0.05) is 5.69 Å². The summed E-state index contributed by atoms with van der Waals surface area (Å²) in [6, 6.07) is 12.1. The van der Waals surface area contributed by atoms with E-state index in [1.807, 2.05) is 44.2 Å². The van der Waals surface area contributed by atoms with Crippen molar-refractivity contribution >= 4 is 27.2 Å². The standard InChI is InChI=1S/C20H22N2O4S/c1-13-8-14(2)10-15(9-13)21-17-11-27(24,25)12-18(17)22(20(21)23)16-6-4-5-7-19(16)26-3/h4-10,17-18H,11-12H2,1-3H3. The van der Waals surface area contributed by atoms with Gasteiger partial charge in [-0.05, 0) is 49.2 Å². The minimum atomic E-state index is -3.23. The summed E-state index contributed by atoms with van der Waals surface area (Å²) in [4.78, 5) is 16.7. The van der Waals surface area contributed by atoms with Gasteiger partial charge in [0.15, 0.2) is 9.84 Å². The Morgan fingerprint density at radius 1 is 0.963 bits per heavy atom. The number of carbonyl (C=O) groups is 1. The maximum Gasteiger partial charge on any atom is 0.329 e. The molecule has 2 amide bonds. The molecular formula is C20H22N2O4S. The van der Waals surface area contributed by atoms with Crippen molar-refractivity contribution in [1.29, 1.82) is 0 Å². The number of hydrogen-bond acceptors (Lipinski definition) is 4. The molecule has 0 saturated carbocycles. The van der Waals surface area contributed by atoms with Crippen molar-refractivity contribution in [3.8, 4) is 5.75 Å². The normalized spacial score (nSPS) is 23.6. The van der Waals surface area contributed by atoms with Gasteiger partial charge in [0.1, 0.15) is 5.75 Å². The first kappa shape index (κ1) is 17.9. The highest BCUT2D eigenvalue weighted by Gasteiger charge is 2.55. The molecule has 2 aliphatic rings. The fourth-order valence-electron chi connectivity index (χ4n) is 4.21. The number of amides is 2. The van der Waals surface area contributed by atoms with Crippen molar-refractivity contribution in [2.75, 3.05) is 28.4 Å². The summed E-state index contributed by atoms with van der Waals surface area (Å²) in [5.41, 5.74) is 3.41. The number of fused-ring (bicyclic) bond motifs is 1. The van der Waals surface area contributed by atoms with Gasteiger partial charge in [-0.1, -0.05) is 18.2 Å². The summed E-state index contributed by atoms with van der Waals surface area (Å²) in [5, 5.41) is 0. The largest absolute Gasteiger partial charge is 0.495 e. The number of anilines is 2. The van der Waals surface area contributed by atoms with Gasteiger partial charge < -0.3 is 4.74 Å². The second-order valence-electron chi connectivity index (χ2n) is 7.25. The first-order valence-corrected chi connectivity index (χ1v) is 10.7. The summed E-state index contributed by atoms with van der Waals surface area (Å²) in [6.07, 6.45) is 0. The molecule has 0 aliphatic carbocycles. The second kappa shape index (κ2) is 6.27. The van der Waals surface area contributed by atoms with Crippen molar-refractivity contribution in [3.63, 3.8) is 0 Å². The molecule has 2 aromatic carbocycles. The number of urea groups is 1. The molecule has 0 N–H and O–H groups in total. The molecule has 2 saturated heterocycles. The van der Waals surface area contributed by atoms with E-state index in [9.17, 15) is 13.2 Å². The fraction of sp³-hybridized carbons (Fsp3) is 0.350. The molecule has 6 nitrogen and oxygen atoms in total. The van der Waals surface area contributed by atoms with Crippen LogP contribution in [0.15, 0.2) is 42.5 Å². The quantitative estimate of drug-likeness (QED) is 0.761. The number of hydrogen-bond donors (Lipinski definition) is 0. The molecular weight excluding hydrogens is 364 g/mol. The third kappa shape index (κ3) is 2.96. The first-order valence-electron chi connectivity index (χ1n) is 8.85. The Balaban J connectivity index is 1.86. The third-order valence-corrected chi connectivity index (χ3v) is 6.90. The summed E-state index contributed by atoms with van der Waals surface area (Å²) in [5.74, 6) is 0.487. The van der Waals surface area contributed by atoms with E-state index in [4.69, 9.17) is 4.74 Å². The Bertz CT molecular complexity index is 998. The molecule has 4 rings (SSSR count). The van der Waals surface area contributed by atoms with Crippen molar-refractivity contribution in [3.05, 3.63) is 53.6 Å².